The molecule has 0 unspecified atom stereocenters. The number of aliphatic hydroxyl groups is 1. The molecule has 4 N–H and O–H groups in total. The Labute approximate surface area is 76.7 Å². The Balaban J connectivity index is 0.000000252. The molecule has 0 aromatic heterocycles. The van der Waals surface area contributed by atoms with E-state index in [1.165, 1.54) is 0 Å². The van der Waals surface area contributed by atoms with Gasteiger partial charge in [0.25, 0.3) is 0 Å². The van der Waals surface area contributed by atoms with Crippen molar-refractivity contribution in [2.45, 2.75) is 0 Å². The first kappa shape index (κ1) is 11.9. The van der Waals surface area contributed by atoms with Gasteiger partial charge in [-0.1, -0.05) is 0 Å². The van der Waals surface area contributed by atoms with Gasteiger partial charge in [0.05, 0.1) is 12.9 Å². The summed E-state index contributed by atoms with van der Waals surface area (Å²) in [6.07, 6.45) is 1.87. The van der Waals surface area contributed by atoms with E-state index >= 15 is 0 Å². The van der Waals surface area contributed by atoms with Gasteiger partial charge in [-0.05, 0) is 0 Å². The fraction of sp³-hybridized carbons (Fsp3) is 0.714. The number of carboxylic acids is 1. The van der Waals surface area contributed by atoms with Crippen molar-refractivity contribution in [3.8, 4) is 0 Å². The second-order valence-electron chi connectivity index (χ2n) is 2.40. The highest BCUT2D eigenvalue weighted by atomic mass is 16.4. The van der Waals surface area contributed by atoms with Crippen LogP contribution in [0.1, 0.15) is 0 Å². The molecule has 13 heavy (non-hydrogen) atoms. The van der Waals surface area contributed by atoms with Crippen LogP contribution >= 0.6 is 0 Å². The van der Waals surface area contributed by atoms with Crippen LogP contribution in [0.25, 0.3) is 0 Å². The normalized spacial score (nSPS) is 13.8. The molecule has 0 aromatic rings. The summed E-state index contributed by atoms with van der Waals surface area (Å²) >= 11 is 0. The van der Waals surface area contributed by atoms with Crippen molar-refractivity contribution in [3.05, 3.63) is 0 Å². The Morgan fingerprint density at radius 3 is 2.62 bits per heavy atom. The molecule has 76 valence electrons. The van der Waals surface area contributed by atoms with Gasteiger partial charge in [0.2, 0.25) is 0 Å². The van der Waals surface area contributed by atoms with Crippen molar-refractivity contribution in [3.63, 3.8) is 0 Å². The highest BCUT2D eigenvalue weighted by Crippen LogP contribution is 1.89. The molecule has 1 heterocycles. The molecule has 0 fully saturated rings. The highest BCUT2D eigenvalue weighted by Gasteiger charge is 2.01. The Kier molecular flexibility index (Phi) is 6.85. The number of aliphatic hydroxyl groups excluding tert-OH is 1. The van der Waals surface area contributed by atoms with E-state index in [2.05, 4.69) is 9.89 Å². The lowest BCUT2D eigenvalue weighted by Crippen LogP contribution is -2.26. The second-order valence-corrected chi connectivity index (χ2v) is 2.40. The first-order valence-electron chi connectivity index (χ1n) is 3.97. The van der Waals surface area contributed by atoms with Crippen LogP contribution in [0.3, 0.4) is 0 Å². The van der Waals surface area contributed by atoms with Crippen molar-refractivity contribution < 1.29 is 15.0 Å². The van der Waals surface area contributed by atoms with Crippen LogP contribution in [0.15, 0.2) is 4.99 Å². The maximum absolute atomic E-state index is 9.12. The largest absolute Gasteiger partial charge is 0.480 e. The summed E-state index contributed by atoms with van der Waals surface area (Å²) in [5, 5.41) is 15.0. The minimum Gasteiger partial charge on any atom is -0.480 e. The van der Waals surface area contributed by atoms with Gasteiger partial charge < -0.3 is 20.8 Å². The first-order valence-corrected chi connectivity index (χ1v) is 3.97. The fourth-order valence-electron chi connectivity index (χ4n) is 0.752. The Hall–Kier alpha value is -1.14. The summed E-state index contributed by atoms with van der Waals surface area (Å²) in [6, 6.07) is 0. The molecule has 0 aromatic carbocycles. The Morgan fingerprint density at radius 1 is 1.69 bits per heavy atom. The molecule has 6 nitrogen and oxygen atoms in total. The SMILES string of the molecule is NCCN1C=NCC1.O=C(O)CO. The molecule has 0 amide bonds. The second kappa shape index (κ2) is 7.51. The molecule has 6 heteroatoms. The number of carbonyl (C=O) groups is 1. The standard InChI is InChI=1S/C5H11N3.C2H4O3/c6-1-3-8-4-2-7-5-8;3-1-2(4)5/h5H,1-4,6H2;3H,1H2,(H,4,5). The van der Waals surface area contributed by atoms with Gasteiger partial charge >= 0.3 is 5.97 Å². The van der Waals surface area contributed by atoms with Crippen LogP contribution in [0.5, 0.6) is 0 Å². The predicted octanol–water partition coefficient (Wildman–Crippen LogP) is -1.65. The zero-order valence-corrected chi connectivity index (χ0v) is 7.39. The van der Waals surface area contributed by atoms with Crippen molar-refractivity contribution in [1.82, 2.24) is 4.90 Å². The van der Waals surface area contributed by atoms with E-state index in [0.717, 1.165) is 26.2 Å². The lowest BCUT2D eigenvalue weighted by Gasteiger charge is -2.09. The van der Waals surface area contributed by atoms with Gasteiger partial charge in [0, 0.05) is 19.6 Å². The average molecular weight is 189 g/mol. The van der Waals surface area contributed by atoms with E-state index < -0.39 is 12.6 Å². The molecular weight excluding hydrogens is 174 g/mol. The minimum absolute atomic E-state index is 0.728. The van der Waals surface area contributed by atoms with Crippen LogP contribution in [-0.4, -0.2) is 60.2 Å². The van der Waals surface area contributed by atoms with Gasteiger partial charge in [-0.25, -0.2) is 4.79 Å². The average Bonchev–Trinajstić information content (AvgIpc) is 2.59. The van der Waals surface area contributed by atoms with Crippen molar-refractivity contribution in [1.29, 1.82) is 0 Å². The van der Waals surface area contributed by atoms with E-state index in [4.69, 9.17) is 20.7 Å². The molecule has 1 rings (SSSR count). The summed E-state index contributed by atoms with van der Waals surface area (Å²) in [5.41, 5.74) is 5.30. The van der Waals surface area contributed by atoms with E-state index in [-0.39, 0.29) is 0 Å². The topological polar surface area (TPSA) is 99.2 Å². The smallest absolute Gasteiger partial charge is 0.329 e. The molecule has 0 saturated carbocycles. The van der Waals surface area contributed by atoms with Gasteiger partial charge in [-0.2, -0.15) is 0 Å². The summed E-state index contributed by atoms with van der Waals surface area (Å²) in [7, 11) is 0. The number of aliphatic carboxylic acids is 1. The maximum Gasteiger partial charge on any atom is 0.329 e. The van der Waals surface area contributed by atoms with Gasteiger partial charge in [0.1, 0.15) is 6.61 Å². The fourth-order valence-corrected chi connectivity index (χ4v) is 0.752. The van der Waals surface area contributed by atoms with E-state index in [1.54, 1.807) is 0 Å². The third-order valence-corrected chi connectivity index (χ3v) is 1.31. The zero-order chi connectivity index (χ0) is 10.1. The minimum atomic E-state index is -1.19. The number of rotatable bonds is 3. The number of nitrogens with zero attached hydrogens (tertiary/aromatic N) is 2. The van der Waals surface area contributed by atoms with Crippen molar-refractivity contribution >= 4 is 12.3 Å². The van der Waals surface area contributed by atoms with Crippen LogP contribution in [0.4, 0.5) is 0 Å². The summed E-state index contributed by atoms with van der Waals surface area (Å²) in [5.74, 6) is -1.19. The lowest BCUT2D eigenvalue weighted by molar-refractivity contribution is -0.140. The summed E-state index contributed by atoms with van der Waals surface area (Å²) in [6.45, 7) is 2.90. The monoisotopic (exact) mass is 189 g/mol. The molecular formula is C7H15N3O3. The number of carboxylic acid groups (broad SMARTS) is 1. The van der Waals surface area contributed by atoms with Crippen LogP contribution in [-0.2, 0) is 4.79 Å². The Bertz CT molecular complexity index is 172. The molecule has 0 radical (unpaired) electrons. The third-order valence-electron chi connectivity index (χ3n) is 1.31. The van der Waals surface area contributed by atoms with Crippen LogP contribution in [0.2, 0.25) is 0 Å². The molecule has 0 spiro atoms. The first-order chi connectivity index (χ1) is 6.20. The summed E-state index contributed by atoms with van der Waals surface area (Å²) in [4.78, 5) is 15.3. The zero-order valence-electron chi connectivity index (χ0n) is 7.39. The highest BCUT2D eigenvalue weighted by molar-refractivity contribution is 5.67. The summed E-state index contributed by atoms with van der Waals surface area (Å²) < 4.78 is 0. The predicted molar refractivity (Wildman–Crippen MR) is 48.7 cm³/mol. The van der Waals surface area contributed by atoms with Gasteiger partial charge in [-0.3, -0.25) is 4.99 Å². The molecule has 1 aliphatic rings. The van der Waals surface area contributed by atoms with Gasteiger partial charge in [0.15, 0.2) is 0 Å². The van der Waals surface area contributed by atoms with E-state index in [9.17, 15) is 0 Å². The van der Waals surface area contributed by atoms with E-state index in [1.807, 2.05) is 6.34 Å². The Morgan fingerprint density at radius 2 is 2.31 bits per heavy atom. The van der Waals surface area contributed by atoms with Crippen molar-refractivity contribution in [2.24, 2.45) is 10.7 Å². The molecule has 0 bridgehead atoms. The number of nitrogens with two attached hydrogens (primary N) is 1. The maximum atomic E-state index is 9.12. The number of aliphatic imine (C=N–C) groups is 1. The van der Waals surface area contributed by atoms with Crippen LogP contribution < -0.4 is 5.73 Å². The van der Waals surface area contributed by atoms with Crippen LogP contribution in [0, 0.1) is 0 Å². The molecule has 0 saturated heterocycles. The lowest BCUT2D eigenvalue weighted by atomic mass is 10.5. The number of hydrogen-bond acceptors (Lipinski definition) is 5. The van der Waals surface area contributed by atoms with Gasteiger partial charge in [-0.15, -0.1) is 0 Å². The van der Waals surface area contributed by atoms with E-state index in [0.29, 0.717) is 0 Å². The quantitative estimate of drug-likeness (QED) is 0.494. The molecule has 0 atom stereocenters. The van der Waals surface area contributed by atoms with Crippen molar-refractivity contribution in [2.75, 3.05) is 32.8 Å². The molecule has 1 aliphatic heterocycles. The third kappa shape index (κ3) is 7.23. The number of hydrogen-bond donors (Lipinski definition) is 3. The molecule has 0 aliphatic carbocycles.